The molecule has 0 bridgehead atoms. The van der Waals surface area contributed by atoms with Gasteiger partial charge in [-0.05, 0) is 48.4 Å². The lowest BCUT2D eigenvalue weighted by atomic mass is 10.2. The number of fused-ring (bicyclic) bond motifs is 1. The lowest BCUT2D eigenvalue weighted by molar-refractivity contribution is 0.601. The largest absolute Gasteiger partial charge is 0.340 e. The summed E-state index contributed by atoms with van der Waals surface area (Å²) in [5.41, 5.74) is 3.40. The molecule has 5 nitrogen and oxygen atoms in total. The van der Waals surface area contributed by atoms with Crippen LogP contribution in [-0.2, 0) is 16.4 Å². The number of anilines is 3. The summed E-state index contributed by atoms with van der Waals surface area (Å²) < 4.78 is 27.4. The first-order chi connectivity index (χ1) is 12.5. The van der Waals surface area contributed by atoms with E-state index >= 15 is 0 Å². The molecule has 0 unspecified atom stereocenters. The number of hydrogen-bond acceptors (Lipinski definition) is 4. The van der Waals surface area contributed by atoms with Crippen LogP contribution in [0.5, 0.6) is 0 Å². The second-order valence-electron chi connectivity index (χ2n) is 5.99. The van der Waals surface area contributed by atoms with Gasteiger partial charge in [-0.15, -0.1) is 0 Å². The number of rotatable bonds is 4. The summed E-state index contributed by atoms with van der Waals surface area (Å²) in [4.78, 5) is 6.54. The van der Waals surface area contributed by atoms with Crippen molar-refractivity contribution in [2.24, 2.45) is 0 Å². The van der Waals surface area contributed by atoms with Crippen LogP contribution in [0.2, 0.25) is 5.02 Å². The molecule has 4 rings (SSSR count). The van der Waals surface area contributed by atoms with Crippen LogP contribution >= 0.6 is 11.6 Å². The molecule has 0 atom stereocenters. The molecule has 1 aromatic heterocycles. The minimum atomic E-state index is -3.73. The number of benzene rings is 2. The van der Waals surface area contributed by atoms with Gasteiger partial charge in [0.1, 0.15) is 5.82 Å². The molecule has 132 valence electrons. The van der Waals surface area contributed by atoms with Gasteiger partial charge < -0.3 is 4.90 Å². The topological polar surface area (TPSA) is 62.3 Å². The highest BCUT2D eigenvalue weighted by atomic mass is 35.5. The molecule has 2 aromatic carbocycles. The molecule has 1 aliphatic heterocycles. The Balaban J connectivity index is 1.56. The first kappa shape index (κ1) is 16.9. The Labute approximate surface area is 157 Å². The summed E-state index contributed by atoms with van der Waals surface area (Å²) in [5.74, 6) is 0.265. The average Bonchev–Trinajstić information content (AvgIpc) is 3.06. The third-order valence-electron chi connectivity index (χ3n) is 4.29. The average molecular weight is 386 g/mol. The zero-order chi connectivity index (χ0) is 18.1. The summed E-state index contributed by atoms with van der Waals surface area (Å²) in [7, 11) is -3.73. The number of nitrogens with one attached hydrogen (secondary N) is 1. The molecular formula is C19H16ClN3O2S. The van der Waals surface area contributed by atoms with Crippen LogP contribution in [-0.4, -0.2) is 19.9 Å². The molecule has 0 saturated carbocycles. The molecule has 0 spiro atoms. The van der Waals surface area contributed by atoms with Gasteiger partial charge in [-0.25, -0.2) is 13.4 Å². The first-order valence-corrected chi connectivity index (χ1v) is 9.99. The van der Waals surface area contributed by atoms with Crippen LogP contribution in [0.4, 0.5) is 17.2 Å². The van der Waals surface area contributed by atoms with Gasteiger partial charge >= 0.3 is 0 Å². The lowest BCUT2D eigenvalue weighted by Crippen LogP contribution is -2.15. The summed E-state index contributed by atoms with van der Waals surface area (Å²) in [6.45, 7) is 0.884. The predicted molar refractivity (Wildman–Crippen MR) is 104 cm³/mol. The molecular weight excluding hydrogens is 370 g/mol. The number of pyridine rings is 1. The van der Waals surface area contributed by atoms with Crippen molar-refractivity contribution in [3.05, 3.63) is 77.4 Å². The van der Waals surface area contributed by atoms with E-state index < -0.39 is 10.0 Å². The van der Waals surface area contributed by atoms with E-state index in [1.54, 1.807) is 24.4 Å². The maximum Gasteiger partial charge on any atom is 0.263 e. The van der Waals surface area contributed by atoms with Crippen molar-refractivity contribution in [3.63, 3.8) is 0 Å². The van der Waals surface area contributed by atoms with Crippen molar-refractivity contribution in [3.8, 4) is 0 Å². The zero-order valence-electron chi connectivity index (χ0n) is 13.8. The number of aromatic nitrogens is 1. The molecule has 0 saturated heterocycles. The van der Waals surface area contributed by atoms with E-state index in [1.165, 1.54) is 23.4 Å². The van der Waals surface area contributed by atoms with Gasteiger partial charge in [0.05, 0.1) is 16.8 Å². The third kappa shape index (κ3) is 3.25. The molecule has 1 aliphatic rings. The standard InChI is InChI=1S/C19H16ClN3O2S/c20-15-5-3-6-17(12-15)26(24,25)22-19-9-8-16(13-21-19)23-11-10-14-4-1-2-7-18(14)23/h1-9,12-13H,10-11H2,(H,21,22). The Morgan fingerprint density at radius 1 is 1.04 bits per heavy atom. The van der Waals surface area contributed by atoms with E-state index in [0.717, 1.165) is 18.7 Å². The summed E-state index contributed by atoms with van der Waals surface area (Å²) in [5, 5.41) is 0.365. The number of sulfonamides is 1. The van der Waals surface area contributed by atoms with E-state index in [-0.39, 0.29) is 10.7 Å². The summed E-state index contributed by atoms with van der Waals surface area (Å²) in [6, 6.07) is 17.9. The van der Waals surface area contributed by atoms with Crippen LogP contribution < -0.4 is 9.62 Å². The van der Waals surface area contributed by atoms with Crippen molar-refractivity contribution in [2.75, 3.05) is 16.2 Å². The number of para-hydroxylation sites is 1. The smallest absolute Gasteiger partial charge is 0.263 e. The maximum absolute atomic E-state index is 12.4. The minimum absolute atomic E-state index is 0.101. The molecule has 0 aliphatic carbocycles. The fourth-order valence-electron chi connectivity index (χ4n) is 3.04. The molecule has 7 heteroatoms. The van der Waals surface area contributed by atoms with Crippen LogP contribution in [0.1, 0.15) is 5.56 Å². The summed E-state index contributed by atoms with van der Waals surface area (Å²) in [6.07, 6.45) is 2.66. The molecule has 0 fully saturated rings. The second-order valence-corrected chi connectivity index (χ2v) is 8.11. The minimum Gasteiger partial charge on any atom is -0.340 e. The fourth-order valence-corrected chi connectivity index (χ4v) is 4.35. The Morgan fingerprint density at radius 3 is 2.65 bits per heavy atom. The van der Waals surface area contributed by atoms with Gasteiger partial charge in [0, 0.05) is 17.3 Å². The van der Waals surface area contributed by atoms with Crippen molar-refractivity contribution in [1.29, 1.82) is 0 Å². The maximum atomic E-state index is 12.4. The predicted octanol–water partition coefficient (Wildman–Crippen LogP) is 4.23. The van der Waals surface area contributed by atoms with Crippen molar-refractivity contribution in [2.45, 2.75) is 11.3 Å². The van der Waals surface area contributed by atoms with Crippen molar-refractivity contribution in [1.82, 2.24) is 4.98 Å². The second kappa shape index (κ2) is 6.63. The molecule has 0 radical (unpaired) electrons. The molecule has 2 heterocycles. The highest BCUT2D eigenvalue weighted by molar-refractivity contribution is 7.92. The van der Waals surface area contributed by atoms with Gasteiger partial charge in [0.25, 0.3) is 10.0 Å². The highest BCUT2D eigenvalue weighted by Gasteiger charge is 2.20. The number of hydrogen-bond donors (Lipinski definition) is 1. The molecule has 26 heavy (non-hydrogen) atoms. The van der Waals surface area contributed by atoms with E-state index in [9.17, 15) is 8.42 Å². The van der Waals surface area contributed by atoms with Crippen LogP contribution in [0.25, 0.3) is 0 Å². The number of halogens is 1. The Bertz CT molecular complexity index is 1050. The SMILES string of the molecule is O=S(=O)(Nc1ccc(N2CCc3ccccc32)cn1)c1cccc(Cl)c1. The normalized spacial score (nSPS) is 13.5. The Hall–Kier alpha value is -2.57. The van der Waals surface area contributed by atoms with E-state index in [0.29, 0.717) is 5.02 Å². The van der Waals surface area contributed by atoms with Crippen molar-refractivity contribution < 1.29 is 8.42 Å². The van der Waals surface area contributed by atoms with Crippen LogP contribution in [0, 0.1) is 0 Å². The van der Waals surface area contributed by atoms with Gasteiger partial charge in [-0.1, -0.05) is 35.9 Å². The van der Waals surface area contributed by atoms with E-state index in [1.807, 2.05) is 18.2 Å². The zero-order valence-corrected chi connectivity index (χ0v) is 15.3. The van der Waals surface area contributed by atoms with Crippen LogP contribution in [0.3, 0.4) is 0 Å². The molecule has 1 N–H and O–H groups in total. The van der Waals surface area contributed by atoms with E-state index in [2.05, 4.69) is 26.7 Å². The fraction of sp³-hybridized carbons (Fsp3) is 0.105. The first-order valence-electron chi connectivity index (χ1n) is 8.13. The Morgan fingerprint density at radius 2 is 1.88 bits per heavy atom. The quantitative estimate of drug-likeness (QED) is 0.730. The van der Waals surface area contributed by atoms with Gasteiger partial charge in [-0.2, -0.15) is 0 Å². The highest BCUT2D eigenvalue weighted by Crippen LogP contribution is 2.34. The Kier molecular flexibility index (Phi) is 4.30. The monoisotopic (exact) mass is 385 g/mol. The molecule has 3 aromatic rings. The van der Waals surface area contributed by atoms with Gasteiger partial charge in [-0.3, -0.25) is 4.72 Å². The van der Waals surface area contributed by atoms with Crippen LogP contribution in [0.15, 0.2) is 71.8 Å². The summed E-state index contributed by atoms with van der Waals surface area (Å²) >= 11 is 5.88. The van der Waals surface area contributed by atoms with Gasteiger partial charge in [0.2, 0.25) is 0 Å². The van der Waals surface area contributed by atoms with E-state index in [4.69, 9.17) is 11.6 Å². The third-order valence-corrected chi connectivity index (χ3v) is 5.88. The van der Waals surface area contributed by atoms with Crippen molar-refractivity contribution >= 4 is 38.8 Å². The number of nitrogens with zero attached hydrogens (tertiary/aromatic N) is 2. The molecule has 0 amide bonds. The lowest BCUT2D eigenvalue weighted by Gasteiger charge is -2.19. The van der Waals surface area contributed by atoms with Gasteiger partial charge in [0.15, 0.2) is 0 Å².